The van der Waals surface area contributed by atoms with Crippen LogP contribution in [0.15, 0.2) is 4.90 Å². The van der Waals surface area contributed by atoms with Gasteiger partial charge in [-0.15, -0.1) is 0 Å². The van der Waals surface area contributed by atoms with Crippen LogP contribution in [0, 0.1) is 13.8 Å². The minimum absolute atomic E-state index is 0.0144. The molecule has 0 amide bonds. The van der Waals surface area contributed by atoms with Gasteiger partial charge in [0.25, 0.3) is 0 Å². The summed E-state index contributed by atoms with van der Waals surface area (Å²) < 4.78 is 28.9. The summed E-state index contributed by atoms with van der Waals surface area (Å²) in [6.07, 6.45) is 1.81. The Labute approximate surface area is 128 Å². The Bertz CT molecular complexity index is 566. The van der Waals surface area contributed by atoms with Crippen molar-refractivity contribution in [2.24, 2.45) is 0 Å². The molecule has 21 heavy (non-hydrogen) atoms. The Morgan fingerprint density at radius 3 is 2.52 bits per heavy atom. The number of rotatable bonds is 8. The van der Waals surface area contributed by atoms with Crippen molar-refractivity contribution >= 4 is 10.0 Å². The van der Waals surface area contributed by atoms with Crippen molar-refractivity contribution in [2.45, 2.75) is 58.0 Å². The summed E-state index contributed by atoms with van der Waals surface area (Å²) in [6, 6.07) is -0.0144. The molecule has 1 atom stereocenters. The summed E-state index contributed by atoms with van der Waals surface area (Å²) in [4.78, 5) is 0.351. The van der Waals surface area contributed by atoms with E-state index >= 15 is 0 Å². The number of hydrogen-bond acceptors (Lipinski definition) is 4. The molecule has 1 rings (SSSR count). The molecule has 1 aromatic heterocycles. The number of hydrogen-bond donors (Lipinski definition) is 1. The van der Waals surface area contributed by atoms with Gasteiger partial charge in [-0.3, -0.25) is 4.68 Å². The molecule has 0 fully saturated rings. The largest absolute Gasteiger partial charge is 0.318 e. The van der Waals surface area contributed by atoms with Crippen LogP contribution in [0.3, 0.4) is 0 Å². The summed E-state index contributed by atoms with van der Waals surface area (Å²) in [5.41, 5.74) is 1.28. The number of aryl methyl sites for hydroxylation is 1. The molecule has 122 valence electrons. The monoisotopic (exact) mass is 316 g/mol. The van der Waals surface area contributed by atoms with Gasteiger partial charge in [0, 0.05) is 19.6 Å². The van der Waals surface area contributed by atoms with Gasteiger partial charge in [-0.2, -0.15) is 9.40 Å². The molecular formula is C14H28N4O2S. The number of likely N-dealkylation sites (N-methyl/N-ethyl adjacent to an activating group) is 1. The predicted octanol–water partition coefficient (Wildman–Crippen LogP) is 1.53. The van der Waals surface area contributed by atoms with Gasteiger partial charge in [0.2, 0.25) is 10.0 Å². The van der Waals surface area contributed by atoms with E-state index in [9.17, 15) is 8.42 Å². The fourth-order valence-corrected chi connectivity index (χ4v) is 4.23. The highest BCUT2D eigenvalue weighted by Crippen LogP contribution is 2.24. The molecule has 0 radical (unpaired) electrons. The second-order valence-electron chi connectivity index (χ2n) is 5.49. The fourth-order valence-electron chi connectivity index (χ4n) is 2.47. The third-order valence-corrected chi connectivity index (χ3v) is 6.08. The number of sulfonamides is 1. The van der Waals surface area contributed by atoms with Crippen LogP contribution in [-0.4, -0.2) is 49.2 Å². The van der Waals surface area contributed by atoms with Crippen molar-refractivity contribution in [2.75, 3.05) is 20.6 Å². The van der Waals surface area contributed by atoms with Gasteiger partial charge in [0.1, 0.15) is 4.90 Å². The van der Waals surface area contributed by atoms with Crippen LogP contribution in [0.1, 0.15) is 38.1 Å². The molecule has 0 aliphatic rings. The molecule has 0 bridgehead atoms. The third kappa shape index (κ3) is 3.84. The Balaban J connectivity index is 3.17. The van der Waals surface area contributed by atoms with Crippen molar-refractivity contribution in [1.29, 1.82) is 0 Å². The lowest BCUT2D eigenvalue weighted by atomic mass is 10.2. The Morgan fingerprint density at radius 1 is 1.38 bits per heavy atom. The van der Waals surface area contributed by atoms with E-state index in [1.165, 1.54) is 4.31 Å². The van der Waals surface area contributed by atoms with Gasteiger partial charge >= 0.3 is 0 Å². The maximum Gasteiger partial charge on any atom is 0.246 e. The average molecular weight is 316 g/mol. The van der Waals surface area contributed by atoms with Crippen LogP contribution in [0.4, 0.5) is 0 Å². The Morgan fingerprint density at radius 2 is 2.00 bits per heavy atom. The summed E-state index contributed by atoms with van der Waals surface area (Å²) in [5.74, 6) is 0. The van der Waals surface area contributed by atoms with Gasteiger partial charge in [0.05, 0.1) is 17.9 Å². The van der Waals surface area contributed by atoms with Gasteiger partial charge < -0.3 is 5.32 Å². The van der Waals surface area contributed by atoms with Crippen LogP contribution in [0.25, 0.3) is 0 Å². The van der Waals surface area contributed by atoms with Crippen molar-refractivity contribution in [3.05, 3.63) is 11.4 Å². The lowest BCUT2D eigenvalue weighted by Gasteiger charge is -2.24. The minimum Gasteiger partial charge on any atom is -0.318 e. The van der Waals surface area contributed by atoms with Crippen molar-refractivity contribution < 1.29 is 8.42 Å². The first-order chi connectivity index (χ1) is 9.77. The highest BCUT2D eigenvalue weighted by Gasteiger charge is 2.30. The van der Waals surface area contributed by atoms with Crippen LogP contribution in [0.5, 0.6) is 0 Å². The van der Waals surface area contributed by atoms with Crippen LogP contribution in [0.2, 0.25) is 0 Å². The lowest BCUT2D eigenvalue weighted by Crippen LogP contribution is -2.35. The first kappa shape index (κ1) is 18.1. The van der Waals surface area contributed by atoms with E-state index in [1.807, 2.05) is 20.9 Å². The zero-order valence-corrected chi connectivity index (χ0v) is 14.8. The normalized spacial score (nSPS) is 13.9. The highest BCUT2D eigenvalue weighted by atomic mass is 32.2. The third-order valence-electron chi connectivity index (χ3n) is 3.85. The summed E-state index contributed by atoms with van der Waals surface area (Å²) in [7, 11) is 0.0205. The van der Waals surface area contributed by atoms with E-state index in [-0.39, 0.29) is 6.04 Å². The number of aromatic nitrogens is 2. The molecule has 6 nitrogen and oxygen atoms in total. The quantitative estimate of drug-likeness (QED) is 0.790. The van der Waals surface area contributed by atoms with Crippen molar-refractivity contribution in [1.82, 2.24) is 19.4 Å². The maximum absolute atomic E-state index is 12.8. The number of nitrogens with one attached hydrogen (secondary N) is 1. The second-order valence-corrected chi connectivity index (χ2v) is 7.42. The van der Waals surface area contributed by atoms with Gasteiger partial charge in [-0.1, -0.05) is 13.3 Å². The molecule has 0 aliphatic carbocycles. The predicted molar refractivity (Wildman–Crippen MR) is 84.9 cm³/mol. The van der Waals surface area contributed by atoms with E-state index in [2.05, 4.69) is 17.3 Å². The van der Waals surface area contributed by atoms with Crippen LogP contribution >= 0.6 is 0 Å². The molecular weight excluding hydrogens is 288 g/mol. The molecule has 0 spiro atoms. The minimum atomic E-state index is -3.50. The summed E-state index contributed by atoms with van der Waals surface area (Å²) in [5, 5.41) is 7.42. The van der Waals surface area contributed by atoms with Crippen molar-refractivity contribution in [3.8, 4) is 0 Å². The molecule has 1 aromatic rings. The van der Waals surface area contributed by atoms with Crippen LogP contribution in [-0.2, 0) is 16.6 Å². The van der Waals surface area contributed by atoms with E-state index in [0.717, 1.165) is 19.4 Å². The van der Waals surface area contributed by atoms with Crippen LogP contribution < -0.4 is 5.32 Å². The molecule has 0 aliphatic heterocycles. The fraction of sp³-hybridized carbons (Fsp3) is 0.786. The van der Waals surface area contributed by atoms with E-state index in [0.29, 0.717) is 22.8 Å². The molecule has 1 unspecified atom stereocenters. The molecule has 1 N–H and O–H groups in total. The maximum atomic E-state index is 12.8. The molecule has 0 saturated carbocycles. The Kier molecular flexibility index (Phi) is 6.37. The Hall–Kier alpha value is -0.920. The van der Waals surface area contributed by atoms with Crippen molar-refractivity contribution in [3.63, 3.8) is 0 Å². The lowest BCUT2D eigenvalue weighted by molar-refractivity contribution is 0.368. The molecule has 7 heteroatoms. The zero-order chi connectivity index (χ0) is 16.2. The summed E-state index contributed by atoms with van der Waals surface area (Å²) >= 11 is 0. The van der Waals surface area contributed by atoms with E-state index in [4.69, 9.17) is 0 Å². The summed E-state index contributed by atoms with van der Waals surface area (Å²) in [6.45, 7) is 8.99. The van der Waals surface area contributed by atoms with Gasteiger partial charge in [0.15, 0.2) is 0 Å². The zero-order valence-electron chi connectivity index (χ0n) is 14.0. The first-order valence-electron chi connectivity index (χ1n) is 7.44. The second kappa shape index (κ2) is 7.38. The first-order valence-corrected chi connectivity index (χ1v) is 8.88. The van der Waals surface area contributed by atoms with Gasteiger partial charge in [-0.05, 0) is 34.2 Å². The number of nitrogens with zero attached hydrogens (tertiary/aromatic N) is 3. The SMILES string of the molecule is CCCC(C)N(C)S(=O)(=O)c1c(C)nn(CCNC)c1C. The highest BCUT2D eigenvalue weighted by molar-refractivity contribution is 7.89. The average Bonchev–Trinajstić information content (AvgIpc) is 2.70. The standard InChI is InChI=1S/C14H28N4O2S/c1-7-8-11(2)17(6)21(19,20)14-12(3)16-18(13(14)4)10-9-15-5/h11,15H,7-10H2,1-6H3. The van der Waals surface area contributed by atoms with Gasteiger partial charge in [-0.25, -0.2) is 8.42 Å². The molecule has 1 heterocycles. The smallest absolute Gasteiger partial charge is 0.246 e. The van der Waals surface area contributed by atoms with E-state index < -0.39 is 10.0 Å². The molecule has 0 saturated heterocycles. The van der Waals surface area contributed by atoms with E-state index in [1.54, 1.807) is 18.7 Å². The molecule has 0 aromatic carbocycles. The topological polar surface area (TPSA) is 67.2 Å².